The van der Waals surface area contributed by atoms with Crippen LogP contribution >= 0.6 is 11.6 Å². The van der Waals surface area contributed by atoms with Crippen LogP contribution in [0, 0.1) is 0 Å². The molecule has 0 bridgehead atoms. The molecule has 1 aliphatic rings. The summed E-state index contributed by atoms with van der Waals surface area (Å²) in [6, 6.07) is 11.2. The monoisotopic (exact) mass is 386 g/mol. The van der Waals surface area contributed by atoms with Crippen LogP contribution in [0.1, 0.15) is 0 Å². The van der Waals surface area contributed by atoms with Crippen LogP contribution in [0.3, 0.4) is 0 Å². The number of halogens is 1. The largest absolute Gasteiger partial charge is 0.376 e. The first-order valence-corrected chi connectivity index (χ1v) is 9.03. The molecule has 0 saturated carbocycles. The van der Waals surface area contributed by atoms with Crippen molar-refractivity contribution in [3.05, 3.63) is 47.6 Å². The maximum Gasteiger partial charge on any atom is 0.259 e. The van der Waals surface area contributed by atoms with Gasteiger partial charge in [0.15, 0.2) is 0 Å². The third-order valence-electron chi connectivity index (χ3n) is 4.26. The van der Waals surface area contributed by atoms with Gasteiger partial charge in [-0.05, 0) is 24.3 Å². The third-order valence-corrected chi connectivity index (χ3v) is 4.49. The van der Waals surface area contributed by atoms with Crippen LogP contribution < -0.4 is 4.90 Å². The van der Waals surface area contributed by atoms with Gasteiger partial charge in [0, 0.05) is 30.4 Å². The molecule has 0 N–H and O–H groups in total. The smallest absolute Gasteiger partial charge is 0.259 e. The number of aromatic nitrogens is 3. The summed E-state index contributed by atoms with van der Waals surface area (Å²) in [5.41, 5.74) is 1.56. The van der Waals surface area contributed by atoms with Gasteiger partial charge in [-0.25, -0.2) is 4.98 Å². The molecule has 1 aliphatic heterocycles. The molecule has 8 heteroatoms. The van der Waals surface area contributed by atoms with Crippen molar-refractivity contribution in [2.45, 2.75) is 6.10 Å². The van der Waals surface area contributed by atoms with Crippen molar-refractivity contribution < 1.29 is 14.0 Å². The van der Waals surface area contributed by atoms with Crippen LogP contribution in [-0.2, 0) is 9.47 Å². The van der Waals surface area contributed by atoms with E-state index in [0.29, 0.717) is 43.1 Å². The number of ether oxygens (including phenoxy) is 2. The van der Waals surface area contributed by atoms with E-state index in [9.17, 15) is 0 Å². The highest BCUT2D eigenvalue weighted by Crippen LogP contribution is 2.24. The summed E-state index contributed by atoms with van der Waals surface area (Å²) in [4.78, 5) is 11.0. The minimum atomic E-state index is 0.0569. The second-order valence-corrected chi connectivity index (χ2v) is 6.72. The standard InChI is InChI=1S/C19H19ClN4O3/c1-24(11-16-12-25-7-8-26-16)17-6-5-14(10-21-17)19-22-18(23-27-19)13-3-2-4-15(20)9-13/h2-6,9-10,16H,7-8,11-12H2,1H3/t16-/m1/s1. The highest BCUT2D eigenvalue weighted by Gasteiger charge is 2.18. The molecule has 7 nitrogen and oxygen atoms in total. The molecule has 0 aliphatic carbocycles. The van der Waals surface area contributed by atoms with Gasteiger partial charge in [-0.1, -0.05) is 28.9 Å². The fourth-order valence-corrected chi connectivity index (χ4v) is 3.06. The lowest BCUT2D eigenvalue weighted by molar-refractivity contribution is -0.0837. The van der Waals surface area contributed by atoms with E-state index in [0.717, 1.165) is 16.9 Å². The maximum atomic E-state index is 6.02. The first-order valence-electron chi connectivity index (χ1n) is 8.65. The number of rotatable bonds is 5. The first kappa shape index (κ1) is 17.9. The van der Waals surface area contributed by atoms with E-state index in [-0.39, 0.29) is 6.10 Å². The van der Waals surface area contributed by atoms with Crippen LogP contribution in [-0.4, -0.2) is 54.6 Å². The number of likely N-dealkylation sites (N-methyl/N-ethyl adjacent to an activating group) is 1. The number of hydrogen-bond acceptors (Lipinski definition) is 7. The Kier molecular flexibility index (Phi) is 5.33. The zero-order valence-corrected chi connectivity index (χ0v) is 15.6. The molecule has 140 valence electrons. The second kappa shape index (κ2) is 8.04. The molecular formula is C19H19ClN4O3. The summed E-state index contributed by atoms with van der Waals surface area (Å²) in [5, 5.41) is 4.65. The summed E-state index contributed by atoms with van der Waals surface area (Å²) >= 11 is 6.02. The molecular weight excluding hydrogens is 368 g/mol. The molecule has 0 radical (unpaired) electrons. The van der Waals surface area contributed by atoms with Crippen molar-refractivity contribution in [1.82, 2.24) is 15.1 Å². The maximum absolute atomic E-state index is 6.02. The van der Waals surface area contributed by atoms with E-state index in [1.807, 2.05) is 36.2 Å². The number of anilines is 1. The van der Waals surface area contributed by atoms with Gasteiger partial charge in [0.05, 0.1) is 31.5 Å². The van der Waals surface area contributed by atoms with Crippen molar-refractivity contribution in [3.63, 3.8) is 0 Å². The van der Waals surface area contributed by atoms with Gasteiger partial charge in [0.25, 0.3) is 5.89 Å². The molecule has 2 aromatic heterocycles. The molecule has 3 aromatic rings. The predicted molar refractivity (Wildman–Crippen MR) is 102 cm³/mol. The average Bonchev–Trinajstić information content (AvgIpc) is 3.19. The number of hydrogen-bond donors (Lipinski definition) is 0. The van der Waals surface area contributed by atoms with E-state index < -0.39 is 0 Å². The molecule has 0 amide bonds. The topological polar surface area (TPSA) is 73.5 Å². The summed E-state index contributed by atoms with van der Waals surface area (Å²) in [6.45, 7) is 2.62. The second-order valence-electron chi connectivity index (χ2n) is 6.29. The number of benzene rings is 1. The number of nitrogens with zero attached hydrogens (tertiary/aromatic N) is 4. The van der Waals surface area contributed by atoms with Gasteiger partial charge in [-0.15, -0.1) is 0 Å². The quantitative estimate of drug-likeness (QED) is 0.666. The highest BCUT2D eigenvalue weighted by molar-refractivity contribution is 6.30. The summed E-state index contributed by atoms with van der Waals surface area (Å²) < 4.78 is 16.5. The zero-order valence-electron chi connectivity index (χ0n) is 14.8. The molecule has 4 rings (SSSR count). The van der Waals surface area contributed by atoms with E-state index in [4.69, 9.17) is 25.6 Å². The lowest BCUT2D eigenvalue weighted by atomic mass is 10.2. The molecule has 1 aromatic carbocycles. The van der Waals surface area contributed by atoms with Crippen molar-refractivity contribution in [3.8, 4) is 22.8 Å². The minimum Gasteiger partial charge on any atom is -0.376 e. The summed E-state index contributed by atoms with van der Waals surface area (Å²) in [6.07, 6.45) is 1.78. The van der Waals surface area contributed by atoms with Crippen LogP contribution in [0.5, 0.6) is 0 Å². The lowest BCUT2D eigenvalue weighted by Gasteiger charge is -2.28. The van der Waals surface area contributed by atoms with Crippen molar-refractivity contribution in [1.29, 1.82) is 0 Å². The number of pyridine rings is 1. The van der Waals surface area contributed by atoms with Gasteiger partial charge in [0.2, 0.25) is 5.82 Å². The minimum absolute atomic E-state index is 0.0569. The zero-order chi connectivity index (χ0) is 18.6. The van der Waals surface area contributed by atoms with E-state index in [1.165, 1.54) is 0 Å². The Labute approximate surface area is 161 Å². The van der Waals surface area contributed by atoms with Crippen LogP contribution in [0.4, 0.5) is 5.82 Å². The Morgan fingerprint density at radius 3 is 2.85 bits per heavy atom. The fourth-order valence-electron chi connectivity index (χ4n) is 2.86. The average molecular weight is 387 g/mol. The van der Waals surface area contributed by atoms with Crippen LogP contribution in [0.15, 0.2) is 47.1 Å². The highest BCUT2D eigenvalue weighted by atomic mass is 35.5. The Hall–Kier alpha value is -2.48. The molecule has 3 heterocycles. The third kappa shape index (κ3) is 4.27. The lowest BCUT2D eigenvalue weighted by Crippen LogP contribution is -2.38. The molecule has 27 heavy (non-hydrogen) atoms. The molecule has 0 spiro atoms. The van der Waals surface area contributed by atoms with E-state index >= 15 is 0 Å². The van der Waals surface area contributed by atoms with Crippen molar-refractivity contribution >= 4 is 17.4 Å². The van der Waals surface area contributed by atoms with Gasteiger partial charge < -0.3 is 18.9 Å². The fraction of sp³-hybridized carbons (Fsp3) is 0.316. The first-order chi connectivity index (χ1) is 13.2. The molecule has 1 fully saturated rings. The van der Waals surface area contributed by atoms with Gasteiger partial charge in [0.1, 0.15) is 5.82 Å². The normalized spacial score (nSPS) is 17.0. The van der Waals surface area contributed by atoms with Gasteiger partial charge >= 0.3 is 0 Å². The van der Waals surface area contributed by atoms with Crippen LogP contribution in [0.25, 0.3) is 22.8 Å². The van der Waals surface area contributed by atoms with Crippen molar-refractivity contribution in [2.75, 3.05) is 38.3 Å². The predicted octanol–water partition coefficient (Wildman–Crippen LogP) is 3.30. The Morgan fingerprint density at radius 1 is 1.19 bits per heavy atom. The Bertz CT molecular complexity index is 894. The van der Waals surface area contributed by atoms with Crippen LogP contribution in [0.2, 0.25) is 5.02 Å². The summed E-state index contributed by atoms with van der Waals surface area (Å²) in [7, 11) is 1.98. The molecule has 1 atom stereocenters. The Morgan fingerprint density at radius 2 is 2.11 bits per heavy atom. The van der Waals surface area contributed by atoms with Crippen molar-refractivity contribution in [2.24, 2.45) is 0 Å². The van der Waals surface area contributed by atoms with E-state index in [1.54, 1.807) is 18.3 Å². The van der Waals surface area contributed by atoms with Gasteiger partial charge in [-0.3, -0.25) is 0 Å². The Balaban J connectivity index is 1.46. The molecule has 0 unspecified atom stereocenters. The SMILES string of the molecule is CN(C[C@@H]1COCCO1)c1ccc(-c2nc(-c3cccc(Cl)c3)no2)cn1. The summed E-state index contributed by atoms with van der Waals surface area (Å²) in [5.74, 6) is 1.74. The molecule has 1 saturated heterocycles. The van der Waals surface area contributed by atoms with Gasteiger partial charge in [-0.2, -0.15) is 4.98 Å². The van der Waals surface area contributed by atoms with E-state index in [2.05, 4.69) is 15.1 Å².